The first kappa shape index (κ1) is 16.5. The van der Waals surface area contributed by atoms with Crippen molar-refractivity contribution < 1.29 is 13.6 Å². The molecule has 0 radical (unpaired) electrons. The molecule has 0 heterocycles. The summed E-state index contributed by atoms with van der Waals surface area (Å²) in [5, 5.41) is 6.30. The van der Waals surface area contributed by atoms with Crippen LogP contribution < -0.4 is 10.6 Å². The minimum atomic E-state index is -0.944. The van der Waals surface area contributed by atoms with Gasteiger partial charge in [-0.15, -0.1) is 0 Å². The van der Waals surface area contributed by atoms with Gasteiger partial charge in [0.2, 0.25) is 5.91 Å². The molecular formula is C15H12Cl2F2N2O. The molecule has 3 nitrogen and oxygen atoms in total. The summed E-state index contributed by atoms with van der Waals surface area (Å²) >= 11 is 11.8. The fourth-order valence-corrected chi connectivity index (χ4v) is 2.07. The number of halogens is 4. The number of benzene rings is 2. The largest absolute Gasteiger partial charge is 0.384 e. The molecule has 2 aromatic rings. The maximum Gasteiger partial charge on any atom is 0.226 e. The molecule has 0 aliphatic rings. The second-order valence-corrected chi connectivity index (χ2v) is 5.32. The van der Waals surface area contributed by atoms with Gasteiger partial charge in [0.1, 0.15) is 0 Å². The first-order valence-corrected chi connectivity index (χ1v) is 7.15. The molecule has 0 bridgehead atoms. The zero-order valence-electron chi connectivity index (χ0n) is 11.3. The molecule has 2 rings (SSSR count). The summed E-state index contributed by atoms with van der Waals surface area (Å²) in [7, 11) is 0. The Morgan fingerprint density at radius 1 is 1.05 bits per heavy atom. The molecule has 0 saturated heterocycles. The number of amides is 1. The number of hydrogen-bond donors (Lipinski definition) is 2. The predicted molar refractivity (Wildman–Crippen MR) is 84.6 cm³/mol. The molecule has 0 spiro atoms. The molecule has 2 N–H and O–H groups in total. The van der Waals surface area contributed by atoms with Gasteiger partial charge in [-0.05, 0) is 36.4 Å². The monoisotopic (exact) mass is 344 g/mol. The van der Waals surface area contributed by atoms with E-state index in [0.717, 1.165) is 12.1 Å². The van der Waals surface area contributed by atoms with Crippen LogP contribution in [0.5, 0.6) is 0 Å². The van der Waals surface area contributed by atoms with Crippen molar-refractivity contribution >= 4 is 40.5 Å². The lowest BCUT2D eigenvalue weighted by Crippen LogP contribution is -2.16. The second kappa shape index (κ2) is 7.42. The molecule has 7 heteroatoms. The Bertz CT molecular complexity index is 695. The van der Waals surface area contributed by atoms with Gasteiger partial charge in [0.05, 0.1) is 10.7 Å². The lowest BCUT2D eigenvalue weighted by atomic mass is 10.2. The van der Waals surface area contributed by atoms with Crippen molar-refractivity contribution in [1.82, 2.24) is 0 Å². The molecule has 0 unspecified atom stereocenters. The fraction of sp³-hybridized carbons (Fsp3) is 0.133. The van der Waals surface area contributed by atoms with Crippen molar-refractivity contribution in [2.24, 2.45) is 0 Å². The minimum absolute atomic E-state index is 0.127. The van der Waals surface area contributed by atoms with Crippen LogP contribution in [0.15, 0.2) is 36.4 Å². The number of carbonyl (C=O) groups is 1. The number of anilines is 2. The SMILES string of the molecule is O=C(CCNc1ccc(F)c(F)c1)Nc1cc(Cl)ccc1Cl. The Hall–Kier alpha value is -1.85. The highest BCUT2D eigenvalue weighted by atomic mass is 35.5. The van der Waals surface area contributed by atoms with Crippen LogP contribution in [0.2, 0.25) is 10.0 Å². The van der Waals surface area contributed by atoms with Crippen molar-refractivity contribution in [2.45, 2.75) is 6.42 Å². The summed E-state index contributed by atoms with van der Waals surface area (Å²) in [4.78, 5) is 11.8. The van der Waals surface area contributed by atoms with Gasteiger partial charge in [0.25, 0.3) is 0 Å². The lowest BCUT2D eigenvalue weighted by Gasteiger charge is -2.09. The lowest BCUT2D eigenvalue weighted by molar-refractivity contribution is -0.115. The predicted octanol–water partition coefficient (Wildman–Crippen LogP) is 4.71. The van der Waals surface area contributed by atoms with E-state index in [2.05, 4.69) is 10.6 Å². The van der Waals surface area contributed by atoms with Crippen LogP contribution in [0.4, 0.5) is 20.2 Å². The van der Waals surface area contributed by atoms with Crippen molar-refractivity contribution in [3.8, 4) is 0 Å². The van der Waals surface area contributed by atoms with Crippen LogP contribution in [0.1, 0.15) is 6.42 Å². The summed E-state index contributed by atoms with van der Waals surface area (Å²) in [6.45, 7) is 0.259. The first-order chi connectivity index (χ1) is 10.5. The Balaban J connectivity index is 1.85. The van der Waals surface area contributed by atoms with E-state index in [1.54, 1.807) is 18.2 Å². The van der Waals surface area contributed by atoms with Crippen LogP contribution in [0, 0.1) is 11.6 Å². The van der Waals surface area contributed by atoms with E-state index in [4.69, 9.17) is 23.2 Å². The standard InChI is InChI=1S/C15H12Cl2F2N2O/c16-9-1-3-11(17)14(7-9)21-15(22)5-6-20-10-2-4-12(18)13(19)8-10/h1-4,7-8,20H,5-6H2,(H,21,22). The number of nitrogens with one attached hydrogen (secondary N) is 2. The quantitative estimate of drug-likeness (QED) is 0.824. The molecule has 0 aromatic heterocycles. The highest BCUT2D eigenvalue weighted by Crippen LogP contribution is 2.25. The van der Waals surface area contributed by atoms with Gasteiger partial charge in [-0.2, -0.15) is 0 Å². The third-order valence-corrected chi connectivity index (χ3v) is 3.37. The maximum absolute atomic E-state index is 13.0. The van der Waals surface area contributed by atoms with E-state index in [0.29, 0.717) is 21.4 Å². The Morgan fingerprint density at radius 2 is 1.82 bits per heavy atom. The average molecular weight is 345 g/mol. The third kappa shape index (κ3) is 4.58. The molecule has 1 amide bonds. The van der Waals surface area contributed by atoms with Gasteiger partial charge in [0.15, 0.2) is 11.6 Å². The smallest absolute Gasteiger partial charge is 0.226 e. The van der Waals surface area contributed by atoms with Crippen LogP contribution in [0.3, 0.4) is 0 Å². The summed E-state index contributed by atoms with van der Waals surface area (Å²) in [6.07, 6.45) is 0.127. The van der Waals surface area contributed by atoms with Gasteiger partial charge >= 0.3 is 0 Å². The molecule has 0 saturated carbocycles. The number of carbonyl (C=O) groups excluding carboxylic acids is 1. The van der Waals surface area contributed by atoms with E-state index in [1.165, 1.54) is 6.07 Å². The zero-order chi connectivity index (χ0) is 16.1. The van der Waals surface area contributed by atoms with Crippen LogP contribution in [-0.4, -0.2) is 12.5 Å². The summed E-state index contributed by atoms with van der Waals surface area (Å²) in [5.74, 6) is -2.14. The molecule has 0 aliphatic heterocycles. The van der Waals surface area contributed by atoms with Crippen molar-refractivity contribution in [3.63, 3.8) is 0 Å². The van der Waals surface area contributed by atoms with Gasteiger partial charge in [-0.3, -0.25) is 4.79 Å². The number of hydrogen-bond acceptors (Lipinski definition) is 2. The van der Waals surface area contributed by atoms with Crippen molar-refractivity contribution in [3.05, 3.63) is 58.1 Å². The van der Waals surface area contributed by atoms with Gasteiger partial charge < -0.3 is 10.6 Å². The third-order valence-electron chi connectivity index (χ3n) is 2.80. The zero-order valence-corrected chi connectivity index (χ0v) is 12.8. The van der Waals surface area contributed by atoms with E-state index in [1.807, 2.05) is 0 Å². The van der Waals surface area contributed by atoms with Crippen molar-refractivity contribution in [1.29, 1.82) is 0 Å². The number of rotatable bonds is 5. The Labute approximate surface area is 136 Å². The fourth-order valence-electron chi connectivity index (χ4n) is 1.73. The van der Waals surface area contributed by atoms with Crippen molar-refractivity contribution in [2.75, 3.05) is 17.2 Å². The highest BCUT2D eigenvalue weighted by molar-refractivity contribution is 6.35. The normalized spacial score (nSPS) is 10.4. The van der Waals surface area contributed by atoms with Gasteiger partial charge in [0, 0.05) is 23.7 Å². The molecular weight excluding hydrogens is 333 g/mol. The minimum Gasteiger partial charge on any atom is -0.384 e. The summed E-state index contributed by atoms with van der Waals surface area (Å²) in [6, 6.07) is 8.18. The van der Waals surface area contributed by atoms with E-state index in [-0.39, 0.29) is 18.9 Å². The average Bonchev–Trinajstić information content (AvgIpc) is 2.47. The summed E-state index contributed by atoms with van der Waals surface area (Å²) in [5.41, 5.74) is 0.819. The van der Waals surface area contributed by atoms with Crippen LogP contribution >= 0.6 is 23.2 Å². The molecule has 2 aromatic carbocycles. The van der Waals surface area contributed by atoms with Crippen LogP contribution in [0.25, 0.3) is 0 Å². The van der Waals surface area contributed by atoms with Crippen LogP contribution in [-0.2, 0) is 4.79 Å². The molecule has 0 fully saturated rings. The topological polar surface area (TPSA) is 41.1 Å². The molecule has 0 aliphatic carbocycles. The Kier molecular flexibility index (Phi) is 5.57. The Morgan fingerprint density at radius 3 is 2.55 bits per heavy atom. The van der Waals surface area contributed by atoms with E-state index < -0.39 is 11.6 Å². The summed E-state index contributed by atoms with van der Waals surface area (Å²) < 4.78 is 25.8. The molecule has 0 atom stereocenters. The maximum atomic E-state index is 13.0. The molecule has 22 heavy (non-hydrogen) atoms. The highest BCUT2D eigenvalue weighted by Gasteiger charge is 2.07. The second-order valence-electron chi connectivity index (χ2n) is 4.48. The van der Waals surface area contributed by atoms with Gasteiger partial charge in [-0.1, -0.05) is 23.2 Å². The van der Waals surface area contributed by atoms with E-state index in [9.17, 15) is 13.6 Å². The molecule has 116 valence electrons. The first-order valence-electron chi connectivity index (χ1n) is 6.39. The van der Waals surface area contributed by atoms with Gasteiger partial charge in [-0.25, -0.2) is 8.78 Å². The van der Waals surface area contributed by atoms with E-state index >= 15 is 0 Å².